The summed E-state index contributed by atoms with van der Waals surface area (Å²) in [4.78, 5) is 14.8. The molecule has 0 saturated heterocycles. The summed E-state index contributed by atoms with van der Waals surface area (Å²) in [5.41, 5.74) is 7.83. The highest BCUT2D eigenvalue weighted by Crippen LogP contribution is 2.20. The fourth-order valence-electron chi connectivity index (χ4n) is 2.63. The van der Waals surface area contributed by atoms with E-state index in [1.165, 1.54) is 0 Å². The first-order valence-corrected chi connectivity index (χ1v) is 8.26. The molecule has 0 aliphatic heterocycles. The van der Waals surface area contributed by atoms with Gasteiger partial charge in [0.25, 0.3) is 0 Å². The monoisotopic (exact) mass is 290 g/mol. The minimum atomic E-state index is 0.154. The van der Waals surface area contributed by atoms with Crippen LogP contribution in [-0.4, -0.2) is 17.4 Å². The predicted octanol–water partition coefficient (Wildman–Crippen LogP) is 4.22. The highest BCUT2D eigenvalue weighted by Gasteiger charge is 2.22. The van der Waals surface area contributed by atoms with Crippen molar-refractivity contribution in [3.8, 4) is 0 Å². The van der Waals surface area contributed by atoms with Gasteiger partial charge in [0.2, 0.25) is 5.91 Å². The molecule has 0 aliphatic carbocycles. The van der Waals surface area contributed by atoms with Gasteiger partial charge in [0.15, 0.2) is 0 Å². The van der Waals surface area contributed by atoms with Gasteiger partial charge in [-0.2, -0.15) is 0 Å². The van der Waals surface area contributed by atoms with E-state index >= 15 is 0 Å². The van der Waals surface area contributed by atoms with Gasteiger partial charge >= 0.3 is 0 Å². The first-order chi connectivity index (χ1) is 10.1. The summed E-state index contributed by atoms with van der Waals surface area (Å²) in [6, 6.07) is 7.83. The largest absolute Gasteiger partial charge is 0.398 e. The van der Waals surface area contributed by atoms with E-state index in [0.717, 1.165) is 49.9 Å². The average Bonchev–Trinajstić information content (AvgIpc) is 2.49. The molecule has 1 unspecified atom stereocenters. The summed E-state index contributed by atoms with van der Waals surface area (Å²) in [5, 5.41) is 0. The first kappa shape index (κ1) is 17.5. The van der Waals surface area contributed by atoms with Crippen LogP contribution in [-0.2, 0) is 11.3 Å². The SMILES string of the molecule is CCCCC(CC)C(=O)N(CCC)Cc1ccccc1N. The van der Waals surface area contributed by atoms with Crippen LogP contribution in [0.4, 0.5) is 5.69 Å². The number of nitrogen functional groups attached to an aromatic ring is 1. The van der Waals surface area contributed by atoms with E-state index < -0.39 is 0 Å². The molecule has 3 heteroatoms. The van der Waals surface area contributed by atoms with Gasteiger partial charge in [0.05, 0.1) is 0 Å². The van der Waals surface area contributed by atoms with Crippen molar-refractivity contribution in [2.45, 2.75) is 59.4 Å². The van der Waals surface area contributed by atoms with E-state index in [0.29, 0.717) is 6.54 Å². The van der Waals surface area contributed by atoms with Crippen LogP contribution in [0.1, 0.15) is 58.4 Å². The molecule has 1 aromatic carbocycles. The molecule has 21 heavy (non-hydrogen) atoms. The Morgan fingerprint density at radius 3 is 2.48 bits per heavy atom. The van der Waals surface area contributed by atoms with Gasteiger partial charge in [-0.05, 0) is 30.9 Å². The summed E-state index contributed by atoms with van der Waals surface area (Å²) in [5.74, 6) is 0.442. The highest BCUT2D eigenvalue weighted by molar-refractivity contribution is 5.79. The Kier molecular flexibility index (Phi) is 7.88. The summed E-state index contributed by atoms with van der Waals surface area (Å²) in [6.45, 7) is 7.82. The highest BCUT2D eigenvalue weighted by atomic mass is 16.2. The third-order valence-corrected chi connectivity index (χ3v) is 3.97. The molecule has 1 amide bonds. The van der Waals surface area contributed by atoms with Crippen molar-refractivity contribution in [1.82, 2.24) is 4.90 Å². The van der Waals surface area contributed by atoms with E-state index in [1.807, 2.05) is 29.2 Å². The summed E-state index contributed by atoms with van der Waals surface area (Å²) < 4.78 is 0. The molecule has 3 nitrogen and oxygen atoms in total. The molecule has 0 heterocycles. The fraction of sp³-hybridized carbons (Fsp3) is 0.611. The average molecular weight is 290 g/mol. The zero-order chi connectivity index (χ0) is 15.7. The number of nitrogens with two attached hydrogens (primary N) is 1. The quantitative estimate of drug-likeness (QED) is 0.692. The molecule has 0 saturated carbocycles. The number of para-hydroxylation sites is 1. The number of unbranched alkanes of at least 4 members (excludes halogenated alkanes) is 1. The molecule has 0 aliphatic rings. The van der Waals surface area contributed by atoms with Crippen molar-refractivity contribution in [3.63, 3.8) is 0 Å². The van der Waals surface area contributed by atoms with Crippen LogP contribution < -0.4 is 5.73 Å². The van der Waals surface area contributed by atoms with E-state index in [-0.39, 0.29) is 11.8 Å². The van der Waals surface area contributed by atoms with Crippen molar-refractivity contribution in [3.05, 3.63) is 29.8 Å². The number of nitrogens with zero attached hydrogens (tertiary/aromatic N) is 1. The minimum absolute atomic E-state index is 0.154. The van der Waals surface area contributed by atoms with Gasteiger partial charge in [0, 0.05) is 24.7 Å². The third kappa shape index (κ3) is 5.41. The van der Waals surface area contributed by atoms with E-state index in [9.17, 15) is 4.79 Å². The standard InChI is InChI=1S/C18H30N2O/c1-4-7-10-15(6-3)18(21)20(13-5-2)14-16-11-8-9-12-17(16)19/h8-9,11-12,15H,4-7,10,13-14,19H2,1-3H3. The van der Waals surface area contributed by atoms with Crippen molar-refractivity contribution in [2.75, 3.05) is 12.3 Å². The Morgan fingerprint density at radius 2 is 1.90 bits per heavy atom. The van der Waals surface area contributed by atoms with Crippen LogP contribution in [0.3, 0.4) is 0 Å². The van der Waals surface area contributed by atoms with E-state index in [4.69, 9.17) is 5.73 Å². The summed E-state index contributed by atoms with van der Waals surface area (Å²) in [7, 11) is 0. The van der Waals surface area contributed by atoms with Crippen molar-refractivity contribution < 1.29 is 4.79 Å². The lowest BCUT2D eigenvalue weighted by molar-refractivity contribution is -0.136. The Hall–Kier alpha value is -1.51. The van der Waals surface area contributed by atoms with Crippen molar-refractivity contribution in [2.24, 2.45) is 5.92 Å². The summed E-state index contributed by atoms with van der Waals surface area (Å²) >= 11 is 0. The molecule has 0 spiro atoms. The lowest BCUT2D eigenvalue weighted by atomic mass is 9.97. The van der Waals surface area contributed by atoms with Crippen LogP contribution in [0.5, 0.6) is 0 Å². The number of anilines is 1. The maximum absolute atomic E-state index is 12.8. The molecule has 1 atom stereocenters. The van der Waals surface area contributed by atoms with Crippen molar-refractivity contribution in [1.29, 1.82) is 0 Å². The topological polar surface area (TPSA) is 46.3 Å². The number of amides is 1. The van der Waals surface area contributed by atoms with Gasteiger partial charge in [-0.15, -0.1) is 0 Å². The maximum Gasteiger partial charge on any atom is 0.225 e. The minimum Gasteiger partial charge on any atom is -0.398 e. The normalized spacial score (nSPS) is 12.1. The van der Waals surface area contributed by atoms with Gasteiger partial charge in [-0.25, -0.2) is 0 Å². The molecule has 0 bridgehead atoms. The number of rotatable bonds is 9. The molecule has 2 N–H and O–H groups in total. The van der Waals surface area contributed by atoms with Gasteiger partial charge in [0.1, 0.15) is 0 Å². The molecule has 0 fully saturated rings. The third-order valence-electron chi connectivity index (χ3n) is 3.97. The maximum atomic E-state index is 12.8. The van der Waals surface area contributed by atoms with Crippen LogP contribution in [0, 0.1) is 5.92 Å². The lowest BCUT2D eigenvalue weighted by Crippen LogP contribution is -2.36. The molecule has 1 aromatic rings. The number of carbonyl (C=O) groups excluding carboxylic acids is 1. The van der Waals surface area contributed by atoms with Gasteiger partial charge in [-0.3, -0.25) is 4.79 Å². The van der Waals surface area contributed by atoms with E-state index in [1.54, 1.807) is 0 Å². The van der Waals surface area contributed by atoms with Crippen LogP contribution in [0.25, 0.3) is 0 Å². The van der Waals surface area contributed by atoms with Crippen LogP contribution >= 0.6 is 0 Å². The second-order valence-corrected chi connectivity index (χ2v) is 5.71. The Bertz CT molecular complexity index is 431. The number of carbonyl (C=O) groups is 1. The Morgan fingerprint density at radius 1 is 1.19 bits per heavy atom. The second-order valence-electron chi connectivity index (χ2n) is 5.71. The molecule has 0 aromatic heterocycles. The summed E-state index contributed by atoms with van der Waals surface area (Å²) in [6.07, 6.45) is 5.16. The van der Waals surface area contributed by atoms with Crippen molar-refractivity contribution >= 4 is 11.6 Å². The zero-order valence-corrected chi connectivity index (χ0v) is 13.8. The van der Waals surface area contributed by atoms with Gasteiger partial charge in [-0.1, -0.05) is 51.8 Å². The molecule has 1 rings (SSSR count). The van der Waals surface area contributed by atoms with Gasteiger partial charge < -0.3 is 10.6 Å². The van der Waals surface area contributed by atoms with E-state index in [2.05, 4.69) is 20.8 Å². The first-order valence-electron chi connectivity index (χ1n) is 8.26. The number of hydrogen-bond donors (Lipinski definition) is 1. The zero-order valence-electron chi connectivity index (χ0n) is 13.8. The molecular weight excluding hydrogens is 260 g/mol. The van der Waals surface area contributed by atoms with Crippen LogP contribution in [0.15, 0.2) is 24.3 Å². The fourth-order valence-corrected chi connectivity index (χ4v) is 2.63. The molecular formula is C18H30N2O. The lowest BCUT2D eigenvalue weighted by Gasteiger charge is -2.27. The molecule has 0 radical (unpaired) electrons. The Balaban J connectivity index is 2.79. The predicted molar refractivity (Wildman–Crippen MR) is 89.9 cm³/mol. The molecule has 118 valence electrons. The number of benzene rings is 1. The Labute approximate surface area is 129 Å². The van der Waals surface area contributed by atoms with Crippen LogP contribution in [0.2, 0.25) is 0 Å². The number of hydrogen-bond acceptors (Lipinski definition) is 2. The second kappa shape index (κ2) is 9.43. The smallest absolute Gasteiger partial charge is 0.225 e.